The number of nitrogens with one attached hydrogen (secondary N) is 1. The number of carbonyl (C=O) groups excluding carboxylic acids is 1. The molecule has 0 aromatic heterocycles. The van der Waals surface area contributed by atoms with Gasteiger partial charge in [-0.25, -0.2) is 4.99 Å². The fourth-order valence-corrected chi connectivity index (χ4v) is 3.84. The van der Waals surface area contributed by atoms with E-state index in [1.807, 2.05) is 24.3 Å². The number of hydrogen-bond donors (Lipinski definition) is 1. The molecule has 1 heterocycles. The number of ether oxygens (including phenoxy) is 1. The highest BCUT2D eigenvalue weighted by atomic mass is 35.5. The number of halogens is 1. The molecule has 1 saturated heterocycles. The minimum Gasteiger partial charge on any atom is -0.489 e. The van der Waals surface area contributed by atoms with Crippen molar-refractivity contribution in [3.05, 3.63) is 104 Å². The Balaban J connectivity index is 1.39. The summed E-state index contributed by atoms with van der Waals surface area (Å²) in [6.07, 6.45) is 1.77. The Bertz CT molecular complexity index is 1220. The van der Waals surface area contributed by atoms with E-state index in [4.69, 9.17) is 16.3 Å². The van der Waals surface area contributed by atoms with Crippen molar-refractivity contribution in [3.8, 4) is 5.75 Å². The van der Waals surface area contributed by atoms with Gasteiger partial charge >= 0.3 is 0 Å². The zero-order valence-electron chi connectivity index (χ0n) is 16.5. The Kier molecular flexibility index (Phi) is 6.53. The zero-order valence-corrected chi connectivity index (χ0v) is 18.1. The van der Waals surface area contributed by atoms with Gasteiger partial charge < -0.3 is 10.1 Å². The largest absolute Gasteiger partial charge is 0.489 e. The van der Waals surface area contributed by atoms with E-state index in [2.05, 4.69) is 10.3 Å². The Hall–Kier alpha value is -3.62. The van der Waals surface area contributed by atoms with Gasteiger partial charge in [-0.1, -0.05) is 35.9 Å². The molecule has 3 aromatic rings. The molecular weight excluding hydrogens is 450 g/mol. The third kappa shape index (κ3) is 5.35. The molecule has 0 saturated carbocycles. The maximum absolute atomic E-state index is 12.3. The highest BCUT2D eigenvalue weighted by Gasteiger charge is 2.24. The standard InChI is InChI=1S/C23H16ClN3O4S/c24-19-3-1-2-4-20(19)25-23-26-22(28)21(32-23)13-15-7-11-18(12-8-15)31-14-16-5-9-17(10-6-16)27(29)30/h1-13H,14H2,(H,25,26,28)/b21-13+. The molecule has 0 radical (unpaired) electrons. The third-order valence-corrected chi connectivity index (χ3v) is 5.69. The zero-order chi connectivity index (χ0) is 22.5. The quantitative estimate of drug-likeness (QED) is 0.285. The number of amidine groups is 1. The first-order valence-corrected chi connectivity index (χ1v) is 10.7. The maximum Gasteiger partial charge on any atom is 0.269 e. The molecule has 0 aliphatic carbocycles. The number of non-ortho nitro benzene ring substituents is 1. The van der Waals surface area contributed by atoms with Crippen LogP contribution >= 0.6 is 23.4 Å². The van der Waals surface area contributed by atoms with Crippen LogP contribution in [-0.4, -0.2) is 16.0 Å². The molecule has 0 spiro atoms. The smallest absolute Gasteiger partial charge is 0.269 e. The average Bonchev–Trinajstić information content (AvgIpc) is 3.13. The third-order valence-electron chi connectivity index (χ3n) is 4.46. The first-order chi connectivity index (χ1) is 15.5. The average molecular weight is 466 g/mol. The van der Waals surface area contributed by atoms with E-state index in [1.165, 1.54) is 23.9 Å². The number of nitro groups is 1. The lowest BCUT2D eigenvalue weighted by Gasteiger charge is -2.06. The van der Waals surface area contributed by atoms with Crippen LogP contribution in [0, 0.1) is 10.1 Å². The van der Waals surface area contributed by atoms with Crippen LogP contribution in [0.15, 0.2) is 82.7 Å². The van der Waals surface area contributed by atoms with Crippen molar-refractivity contribution in [2.24, 2.45) is 4.99 Å². The van der Waals surface area contributed by atoms with Crippen molar-refractivity contribution in [2.75, 3.05) is 0 Å². The Morgan fingerprint density at radius 3 is 2.47 bits per heavy atom. The topological polar surface area (TPSA) is 93.8 Å². The molecule has 1 aliphatic rings. The molecule has 1 aliphatic heterocycles. The molecule has 3 aromatic carbocycles. The van der Waals surface area contributed by atoms with Gasteiger partial charge in [0.1, 0.15) is 12.4 Å². The molecule has 7 nitrogen and oxygen atoms in total. The van der Waals surface area contributed by atoms with Gasteiger partial charge in [0, 0.05) is 12.1 Å². The summed E-state index contributed by atoms with van der Waals surface area (Å²) in [4.78, 5) is 27.5. The Morgan fingerprint density at radius 2 is 1.78 bits per heavy atom. The summed E-state index contributed by atoms with van der Waals surface area (Å²) in [5, 5.41) is 14.4. The van der Waals surface area contributed by atoms with Crippen LogP contribution in [-0.2, 0) is 11.4 Å². The Morgan fingerprint density at radius 1 is 1.06 bits per heavy atom. The molecule has 9 heteroatoms. The monoisotopic (exact) mass is 465 g/mol. The van der Waals surface area contributed by atoms with Gasteiger partial charge in [0.05, 0.1) is 20.5 Å². The number of para-hydroxylation sites is 1. The summed E-state index contributed by atoms with van der Waals surface area (Å²) in [5.41, 5.74) is 2.29. The maximum atomic E-state index is 12.3. The van der Waals surface area contributed by atoms with Gasteiger partial charge in [0.15, 0.2) is 5.17 Å². The van der Waals surface area contributed by atoms with Crippen molar-refractivity contribution in [3.63, 3.8) is 0 Å². The van der Waals surface area contributed by atoms with Crippen LogP contribution in [0.2, 0.25) is 5.02 Å². The number of nitro benzene ring substituents is 1. The van der Waals surface area contributed by atoms with E-state index in [9.17, 15) is 14.9 Å². The molecule has 4 rings (SSSR count). The molecule has 0 unspecified atom stereocenters. The van der Waals surface area contributed by atoms with E-state index in [0.29, 0.717) is 33.1 Å². The second kappa shape index (κ2) is 9.67. The number of aliphatic imine (C=N–C) groups is 1. The normalized spacial score (nSPS) is 15.7. The van der Waals surface area contributed by atoms with Crippen molar-refractivity contribution < 1.29 is 14.5 Å². The van der Waals surface area contributed by atoms with E-state index >= 15 is 0 Å². The first kappa shape index (κ1) is 21.6. The summed E-state index contributed by atoms with van der Waals surface area (Å²) in [7, 11) is 0. The molecule has 0 atom stereocenters. The van der Waals surface area contributed by atoms with E-state index in [0.717, 1.165) is 11.1 Å². The summed E-state index contributed by atoms with van der Waals surface area (Å²) in [5.74, 6) is 0.425. The molecule has 160 valence electrons. The SMILES string of the molecule is O=C1NC(=Nc2ccccc2Cl)S/C1=C/c1ccc(OCc2ccc([N+](=O)[O-])cc2)cc1. The minimum atomic E-state index is -0.438. The summed E-state index contributed by atoms with van der Waals surface area (Å²) in [6.45, 7) is 0.290. The second-order valence-electron chi connectivity index (χ2n) is 6.71. The number of rotatable bonds is 6. The molecule has 0 bridgehead atoms. The number of carbonyl (C=O) groups is 1. The predicted octanol–water partition coefficient (Wildman–Crippen LogP) is 5.72. The van der Waals surface area contributed by atoms with Crippen molar-refractivity contribution in [1.82, 2.24) is 5.32 Å². The van der Waals surface area contributed by atoms with E-state index in [1.54, 1.807) is 42.5 Å². The molecule has 1 amide bonds. The van der Waals surface area contributed by atoms with Crippen molar-refractivity contribution >= 4 is 51.9 Å². The van der Waals surface area contributed by atoms with Crippen LogP contribution in [0.25, 0.3) is 6.08 Å². The number of thioether (sulfide) groups is 1. The van der Waals surface area contributed by atoms with Crippen molar-refractivity contribution in [2.45, 2.75) is 6.61 Å². The number of benzene rings is 3. The fraction of sp³-hybridized carbons (Fsp3) is 0.0435. The van der Waals surface area contributed by atoms with E-state index < -0.39 is 4.92 Å². The second-order valence-corrected chi connectivity index (χ2v) is 8.15. The molecule has 1 fully saturated rings. The minimum absolute atomic E-state index is 0.0417. The predicted molar refractivity (Wildman–Crippen MR) is 126 cm³/mol. The fourth-order valence-electron chi connectivity index (χ4n) is 2.82. The lowest BCUT2D eigenvalue weighted by atomic mass is 10.2. The van der Waals surface area contributed by atoms with Crippen LogP contribution in [0.1, 0.15) is 11.1 Å². The van der Waals surface area contributed by atoms with Crippen LogP contribution in [0.4, 0.5) is 11.4 Å². The van der Waals surface area contributed by atoms with Gasteiger partial charge in [0.25, 0.3) is 11.6 Å². The lowest BCUT2D eigenvalue weighted by Crippen LogP contribution is -2.19. The van der Waals surface area contributed by atoms with Gasteiger partial charge in [-0.05, 0) is 65.4 Å². The molecule has 1 N–H and O–H groups in total. The van der Waals surface area contributed by atoms with Crippen LogP contribution in [0.3, 0.4) is 0 Å². The van der Waals surface area contributed by atoms with Crippen LogP contribution in [0.5, 0.6) is 5.75 Å². The molecular formula is C23H16ClN3O4S. The van der Waals surface area contributed by atoms with Gasteiger partial charge in [0.2, 0.25) is 0 Å². The lowest BCUT2D eigenvalue weighted by molar-refractivity contribution is -0.384. The van der Waals surface area contributed by atoms with Crippen LogP contribution < -0.4 is 10.1 Å². The van der Waals surface area contributed by atoms with Crippen molar-refractivity contribution in [1.29, 1.82) is 0 Å². The summed E-state index contributed by atoms with van der Waals surface area (Å²) >= 11 is 7.37. The highest BCUT2D eigenvalue weighted by molar-refractivity contribution is 8.18. The number of nitrogens with zero attached hydrogens (tertiary/aromatic N) is 2. The first-order valence-electron chi connectivity index (χ1n) is 9.48. The van der Waals surface area contributed by atoms with E-state index in [-0.39, 0.29) is 11.6 Å². The summed E-state index contributed by atoms with van der Waals surface area (Å²) < 4.78 is 5.73. The number of amides is 1. The number of hydrogen-bond acceptors (Lipinski definition) is 6. The van der Waals surface area contributed by atoms with Gasteiger partial charge in [-0.2, -0.15) is 0 Å². The van der Waals surface area contributed by atoms with Gasteiger partial charge in [-0.3, -0.25) is 14.9 Å². The Labute approximate surface area is 192 Å². The molecule has 32 heavy (non-hydrogen) atoms. The highest BCUT2D eigenvalue weighted by Crippen LogP contribution is 2.31. The van der Waals surface area contributed by atoms with Gasteiger partial charge in [-0.15, -0.1) is 0 Å². The summed E-state index contributed by atoms with van der Waals surface area (Å²) in [6, 6.07) is 20.7.